The monoisotopic (exact) mass is 525 g/mol. The Kier molecular flexibility index (Phi) is 15.1. The van der Waals surface area contributed by atoms with Crippen LogP contribution in [-0.4, -0.2) is 5.71 Å². The largest absolute Gasteiger partial charge is 0.661 e. The molecular weight excluding hydrogens is 480 g/mol. The van der Waals surface area contributed by atoms with E-state index in [1.165, 1.54) is 42.4 Å². The Morgan fingerprint density at radius 1 is 0.722 bits per heavy atom. The molecule has 0 saturated carbocycles. The molecule has 3 rings (SSSR count). The summed E-state index contributed by atoms with van der Waals surface area (Å²) in [5, 5.41) is 5.00. The van der Waals surface area contributed by atoms with Crippen molar-refractivity contribution in [1.82, 2.24) is 0 Å². The van der Waals surface area contributed by atoms with Crippen LogP contribution in [0.15, 0.2) is 89.6 Å². The Morgan fingerprint density at radius 2 is 1.19 bits per heavy atom. The number of nitrogens with zero attached hydrogens (tertiary/aromatic N) is 2. The summed E-state index contributed by atoms with van der Waals surface area (Å²) in [5.74, 6) is 0.895. The molecule has 0 unspecified atom stereocenters. The first-order valence-corrected chi connectivity index (χ1v) is 13.2. The molecule has 0 aromatic heterocycles. The van der Waals surface area contributed by atoms with Crippen LogP contribution < -0.4 is 0 Å². The van der Waals surface area contributed by atoms with Gasteiger partial charge >= 0.3 is 0 Å². The number of allylic oxidation sites excluding steroid dienone is 6. The van der Waals surface area contributed by atoms with E-state index in [4.69, 9.17) is 10.3 Å². The van der Waals surface area contributed by atoms with Crippen molar-refractivity contribution in [3.63, 3.8) is 0 Å². The third kappa shape index (κ3) is 11.1. The van der Waals surface area contributed by atoms with E-state index in [0.717, 1.165) is 17.1 Å². The van der Waals surface area contributed by atoms with Gasteiger partial charge in [-0.25, -0.2) is 0 Å². The zero-order valence-electron chi connectivity index (χ0n) is 23.3. The van der Waals surface area contributed by atoms with Gasteiger partial charge in [0, 0.05) is 22.8 Å². The van der Waals surface area contributed by atoms with Crippen molar-refractivity contribution in [3.8, 4) is 0 Å². The predicted molar refractivity (Wildman–Crippen MR) is 156 cm³/mol. The van der Waals surface area contributed by atoms with Gasteiger partial charge in [-0.3, -0.25) is 4.99 Å². The van der Waals surface area contributed by atoms with E-state index >= 15 is 0 Å². The standard InChI is InChI=1S/C25H33N2.C8H12.Fe/c1-17(2)23-14-11-15-24(18(3)4)25(23)27-20(6)16-19(5)26-21(7)22-12-9-8-10-13-22;1-2-4-6-8-7-5-3-1;/h8-18,21H,1-7H3;1-2,7-8H,3-6H2;/q-1;;/b20-16-,26-19?;2-1-,8-7-;/t21-;;/m0../s1. The molecule has 3 heteroatoms. The quantitative estimate of drug-likeness (QED) is 0.195. The van der Waals surface area contributed by atoms with E-state index in [9.17, 15) is 0 Å². The number of rotatable bonds is 7. The molecule has 0 amide bonds. The Labute approximate surface area is 231 Å². The molecule has 0 fully saturated rings. The fourth-order valence-corrected chi connectivity index (χ4v) is 4.16. The zero-order valence-corrected chi connectivity index (χ0v) is 24.4. The maximum absolute atomic E-state index is 5.00. The van der Waals surface area contributed by atoms with Crippen molar-refractivity contribution < 1.29 is 17.1 Å². The first-order chi connectivity index (χ1) is 16.8. The zero-order chi connectivity index (χ0) is 25.6. The molecule has 196 valence electrons. The second-order valence-corrected chi connectivity index (χ2v) is 9.95. The van der Waals surface area contributed by atoms with Crippen LogP contribution in [0.1, 0.15) is 109 Å². The van der Waals surface area contributed by atoms with Crippen LogP contribution >= 0.6 is 0 Å². The molecule has 0 saturated heterocycles. The van der Waals surface area contributed by atoms with Gasteiger partial charge in [-0.05, 0) is 56.9 Å². The van der Waals surface area contributed by atoms with Crippen LogP contribution in [0, 0.1) is 0 Å². The van der Waals surface area contributed by atoms with Crippen LogP contribution in [-0.2, 0) is 17.1 Å². The summed E-state index contributed by atoms with van der Waals surface area (Å²) in [6.45, 7) is 15.2. The molecule has 0 aliphatic heterocycles. The van der Waals surface area contributed by atoms with Gasteiger partial charge in [0.2, 0.25) is 0 Å². The molecule has 0 heterocycles. The summed E-state index contributed by atoms with van der Waals surface area (Å²) < 4.78 is 0. The van der Waals surface area contributed by atoms with Gasteiger partial charge in [-0.15, -0.1) is 5.69 Å². The molecule has 0 bridgehead atoms. The SMILES string of the molecule is C1=C\CC/C=C\CC/1.CC(/C=C(/C)[N-]c1c(C(C)C)cccc1C(C)C)=N[C@@H](C)c1ccccc1.[Fe]. The van der Waals surface area contributed by atoms with Gasteiger partial charge < -0.3 is 5.32 Å². The van der Waals surface area contributed by atoms with Crippen molar-refractivity contribution in [2.24, 2.45) is 4.99 Å². The van der Waals surface area contributed by atoms with Crippen LogP contribution in [0.25, 0.3) is 5.32 Å². The maximum atomic E-state index is 5.00. The van der Waals surface area contributed by atoms with Crippen molar-refractivity contribution in [1.29, 1.82) is 0 Å². The molecule has 1 aliphatic rings. The second kappa shape index (κ2) is 17.2. The average molecular weight is 526 g/mol. The molecule has 0 spiro atoms. The van der Waals surface area contributed by atoms with Gasteiger partial charge in [-0.2, -0.15) is 5.70 Å². The van der Waals surface area contributed by atoms with E-state index in [1.807, 2.05) is 6.07 Å². The Bertz CT molecular complexity index is 961. The number of aliphatic imine (C=N–C) groups is 1. The van der Waals surface area contributed by atoms with Crippen molar-refractivity contribution in [2.75, 3.05) is 0 Å². The van der Waals surface area contributed by atoms with Gasteiger partial charge in [0.1, 0.15) is 0 Å². The molecule has 36 heavy (non-hydrogen) atoms. The first kappa shape index (κ1) is 31.7. The third-order valence-electron chi connectivity index (χ3n) is 6.06. The number of hydrogen-bond acceptors (Lipinski definition) is 1. The topological polar surface area (TPSA) is 26.5 Å². The molecule has 0 N–H and O–H groups in total. The van der Waals surface area contributed by atoms with E-state index in [0.29, 0.717) is 11.8 Å². The third-order valence-corrected chi connectivity index (χ3v) is 6.06. The Balaban J connectivity index is 0.000000611. The summed E-state index contributed by atoms with van der Waals surface area (Å²) >= 11 is 0. The summed E-state index contributed by atoms with van der Waals surface area (Å²) in [5.41, 5.74) is 6.96. The van der Waals surface area contributed by atoms with Gasteiger partial charge in [0.05, 0.1) is 6.04 Å². The molecule has 2 aromatic rings. The molecule has 2 aromatic carbocycles. The smallest absolute Gasteiger partial charge is 0.0723 e. The van der Waals surface area contributed by atoms with Gasteiger partial charge in [0.15, 0.2) is 0 Å². The average Bonchev–Trinajstić information content (AvgIpc) is 2.79. The van der Waals surface area contributed by atoms with Crippen molar-refractivity contribution >= 4 is 11.4 Å². The second-order valence-electron chi connectivity index (χ2n) is 9.95. The first-order valence-electron chi connectivity index (χ1n) is 13.2. The van der Waals surface area contributed by atoms with Crippen molar-refractivity contribution in [3.05, 3.63) is 107 Å². The minimum atomic E-state index is 0. The Morgan fingerprint density at radius 3 is 1.64 bits per heavy atom. The predicted octanol–water partition coefficient (Wildman–Crippen LogP) is 10.7. The van der Waals surface area contributed by atoms with E-state index < -0.39 is 0 Å². The summed E-state index contributed by atoms with van der Waals surface area (Å²) in [4.78, 5) is 4.82. The fourth-order valence-electron chi connectivity index (χ4n) is 4.16. The molecule has 1 atom stereocenters. The summed E-state index contributed by atoms with van der Waals surface area (Å²) in [7, 11) is 0. The molecular formula is C33H45FeN2-. The summed E-state index contributed by atoms with van der Waals surface area (Å²) in [6.07, 6.45) is 16.1. The molecule has 0 radical (unpaired) electrons. The van der Waals surface area contributed by atoms with Crippen LogP contribution in [0.4, 0.5) is 5.69 Å². The minimum absolute atomic E-state index is 0. The van der Waals surface area contributed by atoms with E-state index in [1.54, 1.807) is 0 Å². The van der Waals surface area contributed by atoms with E-state index in [-0.39, 0.29) is 23.1 Å². The number of para-hydroxylation sites is 1. The molecule has 2 nitrogen and oxygen atoms in total. The fraction of sp³-hybridized carbons (Fsp3) is 0.424. The maximum Gasteiger partial charge on any atom is 0.0723 e. The minimum Gasteiger partial charge on any atom is -0.661 e. The Hall–Kier alpha value is -2.35. The van der Waals surface area contributed by atoms with E-state index in [2.05, 4.69) is 121 Å². The normalized spacial score (nSPS) is 16.7. The number of benzene rings is 2. The van der Waals surface area contributed by atoms with Crippen LogP contribution in [0.5, 0.6) is 0 Å². The summed E-state index contributed by atoms with van der Waals surface area (Å²) in [6, 6.07) is 17.1. The molecule has 1 aliphatic carbocycles. The number of hydrogen-bond donors (Lipinski definition) is 0. The van der Waals surface area contributed by atoms with Crippen LogP contribution in [0.2, 0.25) is 0 Å². The van der Waals surface area contributed by atoms with Gasteiger partial charge in [-0.1, -0.05) is 125 Å². The van der Waals surface area contributed by atoms with Crippen molar-refractivity contribution in [2.45, 2.75) is 92.0 Å². The van der Waals surface area contributed by atoms with Gasteiger partial charge in [0.25, 0.3) is 0 Å². The van der Waals surface area contributed by atoms with Crippen LogP contribution in [0.3, 0.4) is 0 Å².